The van der Waals surface area contributed by atoms with Crippen LogP contribution >= 0.6 is 11.8 Å². The lowest BCUT2D eigenvalue weighted by atomic mass is 10.0. The van der Waals surface area contributed by atoms with Crippen molar-refractivity contribution >= 4 is 11.8 Å². The first-order valence-electron chi connectivity index (χ1n) is 3.12. The van der Waals surface area contributed by atoms with Gasteiger partial charge in [0.15, 0.2) is 0 Å². The van der Waals surface area contributed by atoms with Crippen molar-refractivity contribution in [2.24, 2.45) is 5.73 Å². The highest BCUT2D eigenvalue weighted by Crippen LogP contribution is 2.29. The molecule has 0 radical (unpaired) electrons. The summed E-state index contributed by atoms with van der Waals surface area (Å²) in [5, 5.41) is 0. The van der Waals surface area contributed by atoms with Crippen LogP contribution in [0, 0.1) is 0 Å². The fourth-order valence-corrected chi connectivity index (χ4v) is 1.83. The van der Waals surface area contributed by atoms with Crippen LogP contribution in [0.25, 0.3) is 0 Å². The van der Waals surface area contributed by atoms with E-state index in [-0.39, 0.29) is 5.54 Å². The molecule has 0 aromatic heterocycles. The third-order valence-corrected chi connectivity index (χ3v) is 3.14. The van der Waals surface area contributed by atoms with E-state index in [1.165, 1.54) is 0 Å². The third-order valence-electron chi connectivity index (χ3n) is 1.58. The van der Waals surface area contributed by atoms with Gasteiger partial charge in [-0.1, -0.05) is 0 Å². The van der Waals surface area contributed by atoms with Gasteiger partial charge in [0, 0.05) is 30.8 Å². The number of rotatable bonds is 3. The molecule has 0 atom stereocenters. The van der Waals surface area contributed by atoms with E-state index < -0.39 is 0 Å². The molecule has 1 saturated heterocycles. The Kier molecular flexibility index (Phi) is 2.38. The van der Waals surface area contributed by atoms with E-state index in [2.05, 4.69) is 0 Å². The largest absolute Gasteiger partial charge is 0.385 e. The van der Waals surface area contributed by atoms with E-state index in [4.69, 9.17) is 10.5 Å². The molecule has 1 heterocycles. The van der Waals surface area contributed by atoms with Crippen LogP contribution in [0.15, 0.2) is 0 Å². The zero-order valence-corrected chi connectivity index (χ0v) is 6.54. The highest BCUT2D eigenvalue weighted by Gasteiger charge is 2.32. The molecule has 0 saturated carbocycles. The Morgan fingerprint density at radius 1 is 1.67 bits per heavy atom. The van der Waals surface area contributed by atoms with E-state index >= 15 is 0 Å². The predicted molar refractivity (Wildman–Crippen MR) is 40.7 cm³/mol. The number of nitrogens with two attached hydrogens (primary N) is 1. The number of thioether (sulfide) groups is 1. The minimum atomic E-state index is 0.112. The van der Waals surface area contributed by atoms with Gasteiger partial charge in [0.2, 0.25) is 0 Å². The summed E-state index contributed by atoms with van der Waals surface area (Å²) < 4.78 is 4.92. The van der Waals surface area contributed by atoms with Crippen LogP contribution in [0.2, 0.25) is 0 Å². The van der Waals surface area contributed by atoms with Crippen molar-refractivity contribution in [3.05, 3.63) is 0 Å². The van der Waals surface area contributed by atoms with Gasteiger partial charge < -0.3 is 10.5 Å². The molecule has 1 fully saturated rings. The van der Waals surface area contributed by atoms with E-state index in [9.17, 15) is 0 Å². The Morgan fingerprint density at radius 2 is 2.33 bits per heavy atom. The van der Waals surface area contributed by atoms with Crippen molar-refractivity contribution in [2.45, 2.75) is 12.0 Å². The standard InChI is InChI=1S/C6H13NOS/c1-8-3-2-6(7)4-9-5-6/h2-5,7H2,1H3. The number of hydrogen-bond donors (Lipinski definition) is 1. The van der Waals surface area contributed by atoms with Crippen molar-refractivity contribution in [3.63, 3.8) is 0 Å². The Morgan fingerprint density at radius 3 is 2.67 bits per heavy atom. The summed E-state index contributed by atoms with van der Waals surface area (Å²) in [7, 11) is 1.72. The molecule has 0 unspecified atom stereocenters. The van der Waals surface area contributed by atoms with Crippen LogP contribution in [-0.4, -0.2) is 30.8 Å². The van der Waals surface area contributed by atoms with E-state index in [1.807, 2.05) is 11.8 Å². The summed E-state index contributed by atoms with van der Waals surface area (Å²) in [5.41, 5.74) is 6.00. The second-order valence-electron chi connectivity index (χ2n) is 2.60. The lowest BCUT2D eigenvalue weighted by Gasteiger charge is -2.37. The monoisotopic (exact) mass is 147 g/mol. The van der Waals surface area contributed by atoms with Gasteiger partial charge in [-0.05, 0) is 6.42 Å². The van der Waals surface area contributed by atoms with Crippen LogP contribution in [-0.2, 0) is 4.74 Å². The van der Waals surface area contributed by atoms with Crippen molar-refractivity contribution in [3.8, 4) is 0 Å². The summed E-state index contributed by atoms with van der Waals surface area (Å²) in [6.45, 7) is 0.803. The molecule has 0 spiro atoms. The van der Waals surface area contributed by atoms with Gasteiger partial charge in [-0.25, -0.2) is 0 Å². The molecule has 0 bridgehead atoms. The summed E-state index contributed by atoms with van der Waals surface area (Å²) in [6, 6.07) is 0. The van der Waals surface area contributed by atoms with Gasteiger partial charge in [0.1, 0.15) is 0 Å². The van der Waals surface area contributed by atoms with Gasteiger partial charge in [0.25, 0.3) is 0 Å². The minimum Gasteiger partial charge on any atom is -0.385 e. The number of hydrogen-bond acceptors (Lipinski definition) is 3. The first-order valence-corrected chi connectivity index (χ1v) is 4.28. The van der Waals surface area contributed by atoms with Gasteiger partial charge in [-0.15, -0.1) is 0 Å². The topological polar surface area (TPSA) is 35.2 Å². The van der Waals surface area contributed by atoms with Crippen LogP contribution in [0.3, 0.4) is 0 Å². The molecule has 1 aliphatic rings. The lowest BCUT2D eigenvalue weighted by Crippen LogP contribution is -2.52. The quantitative estimate of drug-likeness (QED) is 0.630. The Bertz CT molecular complexity index is 93.1. The van der Waals surface area contributed by atoms with Crippen LogP contribution in [0.5, 0.6) is 0 Å². The SMILES string of the molecule is COCCC1(N)CSC1. The smallest absolute Gasteiger partial charge is 0.0480 e. The Labute approximate surface area is 60.1 Å². The molecule has 2 nitrogen and oxygen atoms in total. The highest BCUT2D eigenvalue weighted by atomic mass is 32.2. The Balaban J connectivity index is 2.09. The van der Waals surface area contributed by atoms with Gasteiger partial charge in [0.05, 0.1) is 0 Å². The first kappa shape index (κ1) is 7.38. The molecule has 54 valence electrons. The summed E-state index contributed by atoms with van der Waals surface area (Å²) in [4.78, 5) is 0. The normalized spacial score (nSPS) is 23.3. The minimum absolute atomic E-state index is 0.112. The maximum absolute atomic E-state index is 5.89. The number of ether oxygens (including phenoxy) is 1. The van der Waals surface area contributed by atoms with Crippen molar-refractivity contribution in [1.82, 2.24) is 0 Å². The molecule has 1 rings (SSSR count). The van der Waals surface area contributed by atoms with Crippen molar-refractivity contribution < 1.29 is 4.74 Å². The molecule has 9 heavy (non-hydrogen) atoms. The zero-order chi connectivity index (χ0) is 6.74. The lowest BCUT2D eigenvalue weighted by molar-refractivity contribution is 0.175. The van der Waals surface area contributed by atoms with Crippen LogP contribution in [0.4, 0.5) is 0 Å². The molecular formula is C6H13NOS. The average molecular weight is 147 g/mol. The summed E-state index contributed by atoms with van der Waals surface area (Å²) in [6.07, 6.45) is 1.01. The van der Waals surface area contributed by atoms with Crippen LogP contribution in [0.1, 0.15) is 6.42 Å². The summed E-state index contributed by atoms with van der Waals surface area (Å²) >= 11 is 1.91. The van der Waals surface area contributed by atoms with Crippen LogP contribution < -0.4 is 5.73 Å². The molecule has 0 aliphatic carbocycles. The van der Waals surface area contributed by atoms with Gasteiger partial charge in [-0.3, -0.25) is 0 Å². The molecule has 2 N–H and O–H groups in total. The zero-order valence-electron chi connectivity index (χ0n) is 5.72. The Hall–Kier alpha value is 0.270. The molecule has 3 heteroatoms. The maximum Gasteiger partial charge on any atom is 0.0480 e. The molecule has 0 aromatic rings. The van der Waals surface area contributed by atoms with E-state index in [1.54, 1.807) is 7.11 Å². The van der Waals surface area contributed by atoms with E-state index in [0.717, 1.165) is 24.5 Å². The molecule has 1 aliphatic heterocycles. The second kappa shape index (κ2) is 2.90. The predicted octanol–water partition coefficient (Wildman–Crippen LogP) is 0.467. The van der Waals surface area contributed by atoms with E-state index in [0.29, 0.717) is 0 Å². The number of methoxy groups -OCH3 is 1. The molecule has 0 aromatic carbocycles. The second-order valence-corrected chi connectivity index (χ2v) is 3.58. The fraction of sp³-hybridized carbons (Fsp3) is 1.00. The van der Waals surface area contributed by atoms with Gasteiger partial charge in [-0.2, -0.15) is 11.8 Å². The average Bonchev–Trinajstić information content (AvgIpc) is 1.79. The van der Waals surface area contributed by atoms with Crippen molar-refractivity contribution in [2.75, 3.05) is 25.2 Å². The van der Waals surface area contributed by atoms with Crippen molar-refractivity contribution in [1.29, 1.82) is 0 Å². The third kappa shape index (κ3) is 1.85. The molecular weight excluding hydrogens is 134 g/mol. The fourth-order valence-electron chi connectivity index (χ4n) is 0.814. The summed E-state index contributed by atoms with van der Waals surface area (Å²) in [5.74, 6) is 2.22. The first-order chi connectivity index (χ1) is 4.27. The molecule has 0 amide bonds. The van der Waals surface area contributed by atoms with Gasteiger partial charge >= 0.3 is 0 Å². The maximum atomic E-state index is 5.89. The highest BCUT2D eigenvalue weighted by molar-refractivity contribution is 8.00.